The largest absolute Gasteiger partial charge is 0.472 e. The lowest BCUT2D eigenvalue weighted by Crippen LogP contribution is -2.34. The van der Waals surface area contributed by atoms with Crippen molar-refractivity contribution >= 4 is 30.5 Å². The number of nitrogens with two attached hydrogens (primary N) is 1. The summed E-state index contributed by atoms with van der Waals surface area (Å²) in [4.78, 5) is 41.6. The van der Waals surface area contributed by atoms with Crippen molar-refractivity contribution in [2.24, 2.45) is 5.92 Å². The van der Waals surface area contributed by atoms with Gasteiger partial charge in [0.1, 0.15) is 42.6 Å². The summed E-state index contributed by atoms with van der Waals surface area (Å²) >= 11 is 0. The van der Waals surface area contributed by atoms with Crippen LogP contribution in [0.25, 0.3) is 16.8 Å². The summed E-state index contributed by atoms with van der Waals surface area (Å²) in [6, 6.07) is 0. The highest BCUT2D eigenvalue weighted by Gasteiger charge is 2.51. The zero-order valence-corrected chi connectivity index (χ0v) is 22.1. The zero-order chi connectivity index (χ0) is 28.5. The normalized spacial score (nSPS) is 36.3. The van der Waals surface area contributed by atoms with Gasteiger partial charge in [0.05, 0.1) is 37.0 Å². The molecule has 0 saturated carbocycles. The Kier molecular flexibility index (Phi) is 6.40. The van der Waals surface area contributed by atoms with Gasteiger partial charge in [-0.05, 0) is 12.8 Å². The van der Waals surface area contributed by atoms with E-state index in [0.29, 0.717) is 30.4 Å². The van der Waals surface area contributed by atoms with E-state index >= 15 is 0 Å². The molecule has 2 bridgehead atoms. The second-order valence-electron chi connectivity index (χ2n) is 10.2. The molecule has 218 valence electrons. The summed E-state index contributed by atoms with van der Waals surface area (Å²) in [5.41, 5.74) is 6.34. The van der Waals surface area contributed by atoms with Gasteiger partial charge in [-0.15, -0.1) is 0 Å². The number of fused-ring (bicyclic) bond motifs is 5. The number of H-pyrrole nitrogens is 1. The summed E-state index contributed by atoms with van der Waals surface area (Å²) in [5.74, 6) is -0.344. The molecule has 7 heterocycles. The first-order chi connectivity index (χ1) is 19.7. The van der Waals surface area contributed by atoms with Gasteiger partial charge in [-0.1, -0.05) is 6.42 Å². The Morgan fingerprint density at radius 2 is 1.93 bits per heavy atom. The summed E-state index contributed by atoms with van der Waals surface area (Å²) in [7, 11) is -4.80. The number of rotatable bonds is 2. The van der Waals surface area contributed by atoms with Crippen LogP contribution in [0.3, 0.4) is 0 Å². The molecule has 3 fully saturated rings. The van der Waals surface area contributed by atoms with Crippen LogP contribution in [0.1, 0.15) is 37.3 Å². The van der Waals surface area contributed by atoms with E-state index in [9.17, 15) is 24.5 Å². The summed E-state index contributed by atoms with van der Waals surface area (Å²) in [6.45, 7) is -0.389. The minimum Gasteiger partial charge on any atom is -0.388 e. The molecule has 6 N–H and O–H groups in total. The number of imidazole rings is 2. The van der Waals surface area contributed by atoms with E-state index in [1.165, 1.54) is 34.3 Å². The van der Waals surface area contributed by atoms with Gasteiger partial charge in [-0.2, -0.15) is 5.10 Å². The molecular weight excluding hydrogens is 565 g/mol. The number of hydrogen-bond donors (Lipinski definition) is 5. The molecule has 19 heteroatoms. The lowest BCUT2D eigenvalue weighted by Gasteiger charge is -2.26. The minimum atomic E-state index is -4.80. The predicted molar refractivity (Wildman–Crippen MR) is 135 cm³/mol. The first-order valence-corrected chi connectivity index (χ1v) is 14.4. The first-order valence-electron chi connectivity index (χ1n) is 12.9. The van der Waals surface area contributed by atoms with Crippen molar-refractivity contribution in [2.75, 3.05) is 12.3 Å². The summed E-state index contributed by atoms with van der Waals surface area (Å²) in [5, 5.41) is 26.5. The van der Waals surface area contributed by atoms with Crippen LogP contribution in [-0.4, -0.2) is 91.3 Å². The highest BCUT2D eigenvalue weighted by Crippen LogP contribution is 2.52. The van der Waals surface area contributed by atoms with Crippen molar-refractivity contribution in [2.45, 2.75) is 62.1 Å². The molecule has 18 nitrogen and oxygen atoms in total. The van der Waals surface area contributed by atoms with Gasteiger partial charge in [0.2, 0.25) is 5.65 Å². The van der Waals surface area contributed by atoms with Gasteiger partial charge >= 0.3 is 7.82 Å². The SMILES string of the molecule is Nc1ncnc2c1ncn2[C@@H]1O[C@@H]2COP(=O)(O)O[C@@H]3[C@H](O)[C@@H](CCC[C@H]2[C@H]1O)O[C@H]3c1cnc2c(=O)[nH]cnn12. The molecule has 3 aliphatic rings. The van der Waals surface area contributed by atoms with Gasteiger partial charge in [0.25, 0.3) is 5.56 Å². The van der Waals surface area contributed by atoms with Crippen LogP contribution in [-0.2, 0) is 23.1 Å². The van der Waals surface area contributed by atoms with E-state index in [0.717, 1.165) is 0 Å². The van der Waals surface area contributed by atoms with Crippen molar-refractivity contribution < 1.29 is 38.2 Å². The van der Waals surface area contributed by atoms with Crippen LogP contribution >= 0.6 is 7.82 Å². The van der Waals surface area contributed by atoms with E-state index in [-0.39, 0.29) is 23.8 Å². The van der Waals surface area contributed by atoms with Gasteiger partial charge in [0, 0.05) is 5.92 Å². The fraction of sp³-hybridized carbons (Fsp3) is 0.545. The van der Waals surface area contributed by atoms with Gasteiger partial charge < -0.3 is 35.3 Å². The molecule has 4 aromatic heterocycles. The number of ether oxygens (including phenoxy) is 2. The van der Waals surface area contributed by atoms with Gasteiger partial charge in [-0.25, -0.2) is 29.0 Å². The Bertz CT molecular complexity index is 1710. The van der Waals surface area contributed by atoms with Crippen LogP contribution in [0, 0.1) is 5.92 Å². The number of anilines is 1. The number of phosphoric acid groups is 1. The molecule has 0 amide bonds. The average Bonchev–Trinajstić information content (AvgIpc) is 3.69. The zero-order valence-electron chi connectivity index (χ0n) is 21.2. The van der Waals surface area contributed by atoms with E-state index in [2.05, 4.69) is 30.0 Å². The molecule has 9 atom stereocenters. The Labute approximate surface area is 229 Å². The molecule has 3 saturated heterocycles. The molecule has 41 heavy (non-hydrogen) atoms. The molecule has 7 rings (SSSR count). The van der Waals surface area contributed by atoms with Gasteiger partial charge in [-0.3, -0.25) is 18.4 Å². The fourth-order valence-electron chi connectivity index (χ4n) is 5.87. The Hall–Kier alpha value is -3.35. The molecule has 0 aromatic carbocycles. The van der Waals surface area contributed by atoms with Crippen molar-refractivity contribution in [3.63, 3.8) is 0 Å². The Morgan fingerprint density at radius 3 is 2.78 bits per heavy atom. The molecule has 4 aromatic rings. The van der Waals surface area contributed by atoms with Crippen LogP contribution in [0.5, 0.6) is 0 Å². The third-order valence-corrected chi connectivity index (χ3v) is 8.82. The predicted octanol–water partition coefficient (Wildman–Crippen LogP) is -0.799. The van der Waals surface area contributed by atoms with Crippen LogP contribution in [0.15, 0.2) is 30.0 Å². The third-order valence-electron chi connectivity index (χ3n) is 7.83. The second kappa shape index (κ2) is 9.88. The molecular formula is C22H26N9O9P. The monoisotopic (exact) mass is 591 g/mol. The van der Waals surface area contributed by atoms with Gasteiger partial charge in [0.15, 0.2) is 17.7 Å². The van der Waals surface area contributed by atoms with Crippen LogP contribution in [0.2, 0.25) is 0 Å². The van der Waals surface area contributed by atoms with Crippen LogP contribution in [0.4, 0.5) is 5.82 Å². The number of nitrogens with one attached hydrogen (secondary N) is 1. The van der Waals surface area contributed by atoms with Crippen molar-refractivity contribution in [1.29, 1.82) is 0 Å². The smallest absolute Gasteiger partial charge is 0.388 e. The second-order valence-corrected chi connectivity index (χ2v) is 11.6. The highest BCUT2D eigenvalue weighted by atomic mass is 31.2. The third kappa shape index (κ3) is 4.43. The number of nitrogen functional groups attached to an aromatic ring is 1. The highest BCUT2D eigenvalue weighted by molar-refractivity contribution is 7.47. The molecule has 0 radical (unpaired) electrons. The average molecular weight is 591 g/mol. The standard InChI is InChI=1S/C22H26N9O9P/c23-18-13-19(26-6-25-18)30(8-28-13)22-14(32)9-2-1-3-11-15(33)17(40-41(35,36)37-5-12(9)39-22)16(38-11)10-4-24-20-21(34)27-7-29-31(10)20/h4,6-9,11-12,14-17,22,32-33H,1-3,5H2,(H,35,36)(H2,23,25,26)(H,27,29,34)/t9-,11-,12-,14-,15-,16+,17-,22-/m1/s1. The molecule has 1 unspecified atom stereocenters. The number of nitrogens with zero attached hydrogens (tertiary/aromatic N) is 7. The number of aliphatic hydroxyl groups is 2. The number of phosphoric ester groups is 1. The maximum Gasteiger partial charge on any atom is 0.472 e. The molecule has 0 spiro atoms. The maximum atomic E-state index is 13.1. The lowest BCUT2D eigenvalue weighted by molar-refractivity contribution is -0.0536. The Morgan fingerprint density at radius 1 is 1.07 bits per heavy atom. The van der Waals surface area contributed by atoms with Crippen molar-refractivity contribution in [3.05, 3.63) is 41.2 Å². The number of aromatic nitrogens is 8. The Balaban J connectivity index is 1.16. The lowest BCUT2D eigenvalue weighted by atomic mass is 9.91. The van der Waals surface area contributed by atoms with Crippen molar-refractivity contribution in [1.82, 2.24) is 39.1 Å². The minimum absolute atomic E-state index is 0.0162. The fourth-order valence-corrected chi connectivity index (χ4v) is 6.81. The van der Waals surface area contributed by atoms with E-state index in [4.69, 9.17) is 24.3 Å². The van der Waals surface area contributed by atoms with Crippen LogP contribution < -0.4 is 11.3 Å². The first kappa shape index (κ1) is 26.5. The van der Waals surface area contributed by atoms with E-state index in [1.54, 1.807) is 0 Å². The molecule has 3 aliphatic heterocycles. The summed E-state index contributed by atoms with van der Waals surface area (Å²) in [6.07, 6.45) is -0.843. The number of aliphatic hydroxyl groups excluding tert-OH is 2. The van der Waals surface area contributed by atoms with Crippen molar-refractivity contribution in [3.8, 4) is 0 Å². The maximum absolute atomic E-state index is 13.1. The van der Waals surface area contributed by atoms with E-state index in [1.807, 2.05) is 0 Å². The number of hydrogen-bond acceptors (Lipinski definition) is 14. The molecule has 0 aliphatic carbocycles. The topological polar surface area (TPSA) is 247 Å². The quantitative estimate of drug-likeness (QED) is 0.179. The number of aromatic amines is 1. The summed E-state index contributed by atoms with van der Waals surface area (Å²) < 4.78 is 38.9. The van der Waals surface area contributed by atoms with E-state index < -0.39 is 62.2 Å².